The van der Waals surface area contributed by atoms with Crippen LogP contribution in [-0.4, -0.2) is 33.4 Å². The number of benzene rings is 2. The Balaban J connectivity index is 1.67. The van der Waals surface area contributed by atoms with Crippen molar-refractivity contribution in [3.8, 4) is 17.3 Å². The van der Waals surface area contributed by atoms with E-state index in [-0.39, 0.29) is 5.91 Å². The van der Waals surface area contributed by atoms with E-state index in [9.17, 15) is 4.79 Å². The molecule has 4 rings (SSSR count). The van der Waals surface area contributed by atoms with Gasteiger partial charge in [0.1, 0.15) is 22.8 Å². The van der Waals surface area contributed by atoms with E-state index in [0.717, 1.165) is 22.2 Å². The SMILES string of the molecule is COc1cccc2c(C)cc(-n3nc(C)cc3NC(=O)C(C)(C)Oc3ccc(Cl)cc3)nc12. The minimum Gasteiger partial charge on any atom is -0.494 e. The number of aryl methyl sites for hydroxylation is 2. The number of carbonyl (C=O) groups is 1. The van der Waals surface area contributed by atoms with Gasteiger partial charge in [-0.1, -0.05) is 23.7 Å². The van der Waals surface area contributed by atoms with E-state index >= 15 is 0 Å². The van der Waals surface area contributed by atoms with Crippen LogP contribution in [0.5, 0.6) is 11.5 Å². The molecule has 8 heteroatoms. The average Bonchev–Trinajstić information content (AvgIpc) is 3.14. The molecule has 4 aromatic rings. The smallest absolute Gasteiger partial charge is 0.269 e. The van der Waals surface area contributed by atoms with Crippen molar-refractivity contribution in [3.05, 3.63) is 70.9 Å². The number of nitrogens with zero attached hydrogens (tertiary/aromatic N) is 3. The lowest BCUT2D eigenvalue weighted by Crippen LogP contribution is -2.42. The van der Waals surface area contributed by atoms with Gasteiger partial charge in [-0.2, -0.15) is 9.78 Å². The standard InChI is InChI=1S/C25H25ClN4O3/c1-15-13-21(27-23-19(15)7-6-8-20(23)32-5)30-22(14-16(2)29-30)28-24(31)25(3,4)33-18-11-9-17(26)10-12-18/h6-14H,1-5H3,(H,28,31). The molecule has 170 valence electrons. The lowest BCUT2D eigenvalue weighted by atomic mass is 10.1. The van der Waals surface area contributed by atoms with Gasteiger partial charge in [-0.25, -0.2) is 4.98 Å². The Morgan fingerprint density at radius 1 is 1.09 bits per heavy atom. The van der Waals surface area contributed by atoms with Gasteiger partial charge in [0.05, 0.1) is 12.8 Å². The number of amides is 1. The predicted octanol–water partition coefficient (Wildman–Crippen LogP) is 5.50. The van der Waals surface area contributed by atoms with Gasteiger partial charge >= 0.3 is 0 Å². The predicted molar refractivity (Wildman–Crippen MR) is 130 cm³/mol. The maximum atomic E-state index is 13.1. The summed E-state index contributed by atoms with van der Waals surface area (Å²) in [5, 5.41) is 9.08. The van der Waals surface area contributed by atoms with E-state index in [1.165, 1.54) is 0 Å². The summed E-state index contributed by atoms with van der Waals surface area (Å²) < 4.78 is 13.0. The van der Waals surface area contributed by atoms with E-state index in [0.29, 0.717) is 28.2 Å². The number of rotatable bonds is 6. The summed E-state index contributed by atoms with van der Waals surface area (Å²) in [6.45, 7) is 7.27. The summed E-state index contributed by atoms with van der Waals surface area (Å²) >= 11 is 5.94. The Morgan fingerprint density at radius 3 is 2.52 bits per heavy atom. The van der Waals surface area contributed by atoms with Crippen LogP contribution in [0.25, 0.3) is 16.7 Å². The van der Waals surface area contributed by atoms with Gasteiger partial charge < -0.3 is 14.8 Å². The number of nitrogens with one attached hydrogen (secondary N) is 1. The molecule has 2 aromatic carbocycles. The lowest BCUT2D eigenvalue weighted by molar-refractivity contribution is -0.128. The third-order valence-corrected chi connectivity index (χ3v) is 5.49. The van der Waals surface area contributed by atoms with E-state index in [4.69, 9.17) is 26.1 Å². The monoisotopic (exact) mass is 464 g/mol. The Hall–Kier alpha value is -3.58. The molecule has 0 aliphatic heterocycles. The minimum atomic E-state index is -1.15. The first kappa shape index (κ1) is 22.6. The van der Waals surface area contributed by atoms with Gasteiger partial charge in [-0.15, -0.1) is 0 Å². The van der Waals surface area contributed by atoms with Crippen LogP contribution < -0.4 is 14.8 Å². The molecule has 0 bridgehead atoms. The van der Waals surface area contributed by atoms with Crippen molar-refractivity contribution in [2.24, 2.45) is 0 Å². The maximum Gasteiger partial charge on any atom is 0.269 e. The lowest BCUT2D eigenvalue weighted by Gasteiger charge is -2.25. The van der Waals surface area contributed by atoms with Crippen molar-refractivity contribution in [3.63, 3.8) is 0 Å². The van der Waals surface area contributed by atoms with Crippen LogP contribution in [0.15, 0.2) is 54.6 Å². The summed E-state index contributed by atoms with van der Waals surface area (Å²) in [6.07, 6.45) is 0. The molecule has 0 saturated carbocycles. The number of anilines is 1. The molecule has 0 fully saturated rings. The number of aromatic nitrogens is 3. The molecule has 1 amide bonds. The number of para-hydroxylation sites is 1. The molecule has 0 saturated heterocycles. The Kier molecular flexibility index (Phi) is 5.99. The Bertz CT molecular complexity index is 1330. The highest BCUT2D eigenvalue weighted by Crippen LogP contribution is 2.29. The maximum absolute atomic E-state index is 13.1. The van der Waals surface area contributed by atoms with Gasteiger partial charge in [0, 0.05) is 16.5 Å². The molecule has 0 radical (unpaired) electrons. The first-order valence-electron chi connectivity index (χ1n) is 10.5. The molecular weight excluding hydrogens is 440 g/mol. The fourth-order valence-electron chi connectivity index (χ4n) is 3.52. The Labute approximate surface area is 197 Å². The largest absolute Gasteiger partial charge is 0.494 e. The topological polar surface area (TPSA) is 78.3 Å². The highest BCUT2D eigenvalue weighted by atomic mass is 35.5. The Morgan fingerprint density at radius 2 is 1.82 bits per heavy atom. The number of fused-ring (bicyclic) bond motifs is 1. The molecule has 2 heterocycles. The number of carbonyl (C=O) groups excluding carboxylic acids is 1. The van der Waals surface area contributed by atoms with E-state index < -0.39 is 5.60 Å². The molecular formula is C25H25ClN4O3. The van der Waals surface area contributed by atoms with Crippen LogP contribution in [0, 0.1) is 13.8 Å². The fraction of sp³-hybridized carbons (Fsp3) is 0.240. The van der Waals surface area contributed by atoms with Gasteiger partial charge in [0.2, 0.25) is 0 Å². The number of halogens is 1. The van der Waals surface area contributed by atoms with E-state index in [2.05, 4.69) is 10.4 Å². The second-order valence-corrected chi connectivity index (χ2v) is 8.69. The van der Waals surface area contributed by atoms with Crippen molar-refractivity contribution in [2.75, 3.05) is 12.4 Å². The summed E-state index contributed by atoms with van der Waals surface area (Å²) in [7, 11) is 1.62. The van der Waals surface area contributed by atoms with Crippen LogP contribution in [0.3, 0.4) is 0 Å². The molecule has 1 N–H and O–H groups in total. The van der Waals surface area contributed by atoms with Crippen LogP contribution in [0.2, 0.25) is 5.02 Å². The van der Waals surface area contributed by atoms with Crippen molar-refractivity contribution < 1.29 is 14.3 Å². The second kappa shape index (κ2) is 8.75. The number of hydrogen-bond acceptors (Lipinski definition) is 5. The number of hydrogen-bond donors (Lipinski definition) is 1. The highest BCUT2D eigenvalue weighted by Gasteiger charge is 2.31. The highest BCUT2D eigenvalue weighted by molar-refractivity contribution is 6.30. The molecule has 0 atom stereocenters. The van der Waals surface area contributed by atoms with Gasteiger partial charge in [0.15, 0.2) is 11.4 Å². The third kappa shape index (κ3) is 4.64. The number of pyridine rings is 1. The molecule has 7 nitrogen and oxygen atoms in total. The molecule has 0 unspecified atom stereocenters. The second-order valence-electron chi connectivity index (χ2n) is 8.26. The molecule has 2 aromatic heterocycles. The summed E-state index contributed by atoms with van der Waals surface area (Å²) in [5.74, 6) is 1.96. The van der Waals surface area contributed by atoms with Crippen LogP contribution in [-0.2, 0) is 4.79 Å². The van der Waals surface area contributed by atoms with Gasteiger partial charge in [-0.05, 0) is 69.7 Å². The molecule has 0 aliphatic carbocycles. The third-order valence-electron chi connectivity index (χ3n) is 5.24. The zero-order chi connectivity index (χ0) is 23.8. The van der Waals surface area contributed by atoms with Crippen molar-refractivity contribution in [2.45, 2.75) is 33.3 Å². The number of ether oxygens (including phenoxy) is 2. The fourth-order valence-corrected chi connectivity index (χ4v) is 3.65. The summed E-state index contributed by atoms with van der Waals surface area (Å²) in [6, 6.07) is 16.4. The first-order valence-corrected chi connectivity index (χ1v) is 10.8. The van der Waals surface area contributed by atoms with Crippen LogP contribution >= 0.6 is 11.6 Å². The normalized spacial score (nSPS) is 11.5. The quantitative estimate of drug-likeness (QED) is 0.408. The van der Waals surface area contributed by atoms with Crippen molar-refractivity contribution >= 4 is 34.2 Å². The average molecular weight is 465 g/mol. The first-order chi connectivity index (χ1) is 15.7. The van der Waals surface area contributed by atoms with Gasteiger partial charge in [-0.3, -0.25) is 4.79 Å². The molecule has 0 spiro atoms. The molecule has 33 heavy (non-hydrogen) atoms. The summed E-state index contributed by atoms with van der Waals surface area (Å²) in [4.78, 5) is 17.9. The van der Waals surface area contributed by atoms with Gasteiger partial charge in [0.25, 0.3) is 5.91 Å². The molecule has 0 aliphatic rings. The zero-order valence-corrected chi connectivity index (χ0v) is 19.9. The minimum absolute atomic E-state index is 0.325. The number of methoxy groups -OCH3 is 1. The van der Waals surface area contributed by atoms with Crippen molar-refractivity contribution in [1.82, 2.24) is 14.8 Å². The van der Waals surface area contributed by atoms with E-state index in [1.54, 1.807) is 56.0 Å². The zero-order valence-electron chi connectivity index (χ0n) is 19.1. The van der Waals surface area contributed by atoms with Crippen molar-refractivity contribution in [1.29, 1.82) is 0 Å². The van der Waals surface area contributed by atoms with Crippen LogP contribution in [0.4, 0.5) is 5.82 Å². The van der Waals surface area contributed by atoms with E-state index in [1.807, 2.05) is 38.1 Å². The van der Waals surface area contributed by atoms with Crippen LogP contribution in [0.1, 0.15) is 25.1 Å². The summed E-state index contributed by atoms with van der Waals surface area (Å²) in [5.41, 5.74) is 1.34.